The molecule has 1 aromatic carbocycles. The maximum atomic E-state index is 12.0. The van der Waals surface area contributed by atoms with Crippen molar-refractivity contribution in [3.8, 4) is 0 Å². The first-order valence-electron chi connectivity index (χ1n) is 8.36. The zero-order valence-corrected chi connectivity index (χ0v) is 16.1. The van der Waals surface area contributed by atoms with E-state index in [1.807, 2.05) is 62.3 Å². The van der Waals surface area contributed by atoms with Crippen LogP contribution < -0.4 is 10.6 Å². The average molecular weight is 375 g/mol. The summed E-state index contributed by atoms with van der Waals surface area (Å²) >= 11 is 1.29. The van der Waals surface area contributed by atoms with Gasteiger partial charge in [-0.2, -0.15) is 0 Å². The fourth-order valence-corrected chi connectivity index (χ4v) is 3.00. The number of anilines is 1. The van der Waals surface area contributed by atoms with Crippen LogP contribution in [-0.4, -0.2) is 48.9 Å². The van der Waals surface area contributed by atoms with Gasteiger partial charge in [0.05, 0.1) is 23.8 Å². The third kappa shape index (κ3) is 6.57. The Bertz CT molecular complexity index is 699. The number of carbonyl (C=O) groups excluding carboxylic acids is 2. The summed E-state index contributed by atoms with van der Waals surface area (Å²) in [6.45, 7) is 2.45. The monoisotopic (exact) mass is 375 g/mol. The lowest BCUT2D eigenvalue weighted by Gasteiger charge is -2.22. The number of nitrogens with zero attached hydrogens (tertiary/aromatic N) is 1. The quantitative estimate of drug-likeness (QED) is 0.705. The molecule has 26 heavy (non-hydrogen) atoms. The molecule has 1 aromatic heterocycles. The van der Waals surface area contributed by atoms with Gasteiger partial charge in [0, 0.05) is 12.2 Å². The van der Waals surface area contributed by atoms with Crippen molar-refractivity contribution in [2.45, 2.75) is 13.0 Å². The van der Waals surface area contributed by atoms with Gasteiger partial charge in [0.25, 0.3) is 0 Å². The molecule has 0 bridgehead atoms. The Morgan fingerprint density at radius 2 is 1.81 bits per heavy atom. The summed E-state index contributed by atoms with van der Waals surface area (Å²) in [5, 5.41) is 5.70. The molecule has 2 aromatic rings. The number of thioether (sulfide) groups is 1. The minimum Gasteiger partial charge on any atom is -0.468 e. The molecular weight excluding hydrogens is 350 g/mol. The van der Waals surface area contributed by atoms with Crippen LogP contribution in [0, 0.1) is 6.92 Å². The largest absolute Gasteiger partial charge is 0.468 e. The normalized spacial score (nSPS) is 12.0. The fourth-order valence-electron chi connectivity index (χ4n) is 2.35. The van der Waals surface area contributed by atoms with Gasteiger partial charge in [-0.3, -0.25) is 14.5 Å². The molecule has 0 saturated carbocycles. The van der Waals surface area contributed by atoms with Crippen LogP contribution in [-0.2, 0) is 9.59 Å². The Morgan fingerprint density at radius 3 is 2.42 bits per heavy atom. The molecular formula is C19H25N3O3S. The van der Waals surface area contributed by atoms with Gasteiger partial charge >= 0.3 is 0 Å². The predicted octanol–water partition coefficient (Wildman–Crippen LogP) is 2.68. The van der Waals surface area contributed by atoms with Gasteiger partial charge < -0.3 is 15.1 Å². The first-order valence-corrected chi connectivity index (χ1v) is 9.52. The van der Waals surface area contributed by atoms with E-state index in [1.165, 1.54) is 11.8 Å². The summed E-state index contributed by atoms with van der Waals surface area (Å²) in [5.41, 5.74) is 1.90. The number of nitrogens with one attached hydrogen (secondary N) is 2. The number of benzene rings is 1. The standard InChI is InChI=1S/C19H25N3O3S/c1-14-6-8-15(9-7-14)21-19(24)13-26-12-18(23)20-11-16(22(2)3)17-5-4-10-25-17/h4-10,16H,11-13H2,1-3H3,(H,20,23)(H,21,24). The van der Waals surface area contributed by atoms with Crippen molar-refractivity contribution in [3.05, 3.63) is 54.0 Å². The molecule has 140 valence electrons. The number of aryl methyl sites for hydroxylation is 1. The molecule has 2 amide bonds. The van der Waals surface area contributed by atoms with E-state index in [2.05, 4.69) is 10.6 Å². The average Bonchev–Trinajstić information content (AvgIpc) is 3.11. The lowest BCUT2D eigenvalue weighted by molar-refractivity contribution is -0.118. The summed E-state index contributed by atoms with van der Waals surface area (Å²) in [4.78, 5) is 25.9. The van der Waals surface area contributed by atoms with Crippen LogP contribution in [0.4, 0.5) is 5.69 Å². The number of hydrogen-bond donors (Lipinski definition) is 2. The molecule has 0 radical (unpaired) electrons. The molecule has 0 aliphatic rings. The summed E-state index contributed by atoms with van der Waals surface area (Å²) in [7, 11) is 3.87. The maximum absolute atomic E-state index is 12.0. The Hall–Kier alpha value is -2.25. The minimum atomic E-state index is -0.117. The summed E-state index contributed by atoms with van der Waals surface area (Å²) in [6, 6.07) is 11.3. The van der Waals surface area contributed by atoms with Gasteiger partial charge in [0.2, 0.25) is 11.8 Å². The van der Waals surface area contributed by atoms with Crippen molar-refractivity contribution in [1.82, 2.24) is 10.2 Å². The number of furan rings is 1. The minimum absolute atomic E-state index is 0.0243. The van der Waals surface area contributed by atoms with Crippen LogP contribution in [0.25, 0.3) is 0 Å². The van der Waals surface area contributed by atoms with Crippen LogP contribution in [0.1, 0.15) is 17.4 Å². The predicted molar refractivity (Wildman–Crippen MR) is 105 cm³/mol. The number of hydrogen-bond acceptors (Lipinski definition) is 5. The van der Waals surface area contributed by atoms with Crippen molar-refractivity contribution >= 4 is 29.3 Å². The van der Waals surface area contributed by atoms with E-state index in [-0.39, 0.29) is 29.4 Å². The highest BCUT2D eigenvalue weighted by Crippen LogP contribution is 2.17. The van der Waals surface area contributed by atoms with E-state index >= 15 is 0 Å². The third-order valence-corrected chi connectivity index (χ3v) is 4.72. The molecule has 0 aliphatic heterocycles. The van der Waals surface area contributed by atoms with E-state index in [9.17, 15) is 9.59 Å². The van der Waals surface area contributed by atoms with Crippen molar-refractivity contribution in [3.63, 3.8) is 0 Å². The number of rotatable bonds is 9. The second-order valence-corrected chi connectivity index (χ2v) is 7.19. The smallest absolute Gasteiger partial charge is 0.234 e. The molecule has 1 heterocycles. The van der Waals surface area contributed by atoms with Gasteiger partial charge in [-0.1, -0.05) is 17.7 Å². The second-order valence-electron chi connectivity index (χ2n) is 6.21. The van der Waals surface area contributed by atoms with E-state index in [0.29, 0.717) is 6.54 Å². The highest BCUT2D eigenvalue weighted by Gasteiger charge is 2.17. The number of likely N-dealkylation sites (N-methyl/N-ethyl adjacent to an activating group) is 1. The van der Waals surface area contributed by atoms with Gasteiger partial charge in [-0.15, -0.1) is 11.8 Å². The van der Waals surface area contributed by atoms with Crippen LogP contribution in [0.5, 0.6) is 0 Å². The molecule has 1 unspecified atom stereocenters. The van der Waals surface area contributed by atoms with Crippen LogP contribution in [0.15, 0.2) is 47.1 Å². The first-order chi connectivity index (χ1) is 12.5. The topological polar surface area (TPSA) is 74.6 Å². The van der Waals surface area contributed by atoms with Crippen molar-refractivity contribution < 1.29 is 14.0 Å². The Labute approximate surface area is 158 Å². The fraction of sp³-hybridized carbons (Fsp3) is 0.368. The lowest BCUT2D eigenvalue weighted by Crippen LogP contribution is -2.35. The zero-order valence-electron chi connectivity index (χ0n) is 15.3. The Balaban J connectivity index is 1.68. The maximum Gasteiger partial charge on any atom is 0.234 e. The molecule has 0 aliphatic carbocycles. The molecule has 2 rings (SSSR count). The van der Waals surface area contributed by atoms with Gasteiger partial charge in [-0.05, 0) is 45.3 Å². The highest BCUT2D eigenvalue weighted by molar-refractivity contribution is 8.00. The molecule has 0 fully saturated rings. The van der Waals surface area contributed by atoms with E-state index in [4.69, 9.17) is 4.42 Å². The zero-order chi connectivity index (χ0) is 18.9. The first kappa shape index (κ1) is 20.1. The van der Waals surface area contributed by atoms with Gasteiger partial charge in [0.15, 0.2) is 0 Å². The molecule has 2 N–H and O–H groups in total. The van der Waals surface area contributed by atoms with E-state index in [1.54, 1.807) is 6.26 Å². The highest BCUT2D eigenvalue weighted by atomic mass is 32.2. The van der Waals surface area contributed by atoms with Crippen LogP contribution >= 0.6 is 11.8 Å². The van der Waals surface area contributed by atoms with Crippen molar-refractivity contribution in [1.29, 1.82) is 0 Å². The summed E-state index contributed by atoms with van der Waals surface area (Å²) in [5.74, 6) is 1.06. The third-order valence-electron chi connectivity index (χ3n) is 3.79. The Kier molecular flexibility index (Phi) is 7.74. The molecule has 1 atom stereocenters. The molecule has 0 saturated heterocycles. The summed E-state index contributed by atoms with van der Waals surface area (Å²) in [6.07, 6.45) is 1.62. The van der Waals surface area contributed by atoms with Gasteiger partial charge in [0.1, 0.15) is 5.76 Å². The van der Waals surface area contributed by atoms with Crippen LogP contribution in [0.2, 0.25) is 0 Å². The number of amides is 2. The number of carbonyl (C=O) groups is 2. The molecule has 6 nitrogen and oxygen atoms in total. The lowest BCUT2D eigenvalue weighted by atomic mass is 10.2. The Morgan fingerprint density at radius 1 is 1.12 bits per heavy atom. The second kappa shape index (κ2) is 10.0. The van der Waals surface area contributed by atoms with Crippen molar-refractivity contribution in [2.75, 3.05) is 37.5 Å². The van der Waals surface area contributed by atoms with Crippen molar-refractivity contribution in [2.24, 2.45) is 0 Å². The van der Waals surface area contributed by atoms with Crippen LogP contribution in [0.3, 0.4) is 0 Å². The molecule has 7 heteroatoms. The van der Waals surface area contributed by atoms with Gasteiger partial charge in [-0.25, -0.2) is 0 Å². The van der Waals surface area contributed by atoms with E-state index in [0.717, 1.165) is 17.0 Å². The summed E-state index contributed by atoms with van der Waals surface area (Å²) < 4.78 is 5.41. The SMILES string of the molecule is Cc1ccc(NC(=O)CSCC(=O)NCC(c2ccco2)N(C)C)cc1. The van der Waals surface area contributed by atoms with E-state index < -0.39 is 0 Å². The molecule has 0 spiro atoms.